The van der Waals surface area contributed by atoms with E-state index in [9.17, 15) is 8.42 Å². The zero-order valence-electron chi connectivity index (χ0n) is 12.5. The second kappa shape index (κ2) is 6.24. The maximum atomic E-state index is 12.5. The molecule has 1 heterocycles. The number of hydrogen-bond donors (Lipinski definition) is 1. The lowest BCUT2D eigenvalue weighted by Gasteiger charge is -2.25. The van der Waals surface area contributed by atoms with E-state index in [2.05, 4.69) is 9.71 Å². The molecular weight excluding hydrogens is 324 g/mol. The smallest absolute Gasteiger partial charge is 0.241 e. The molecule has 0 fully saturated rings. The molecule has 0 aliphatic carbocycles. The average molecular weight is 341 g/mol. The zero-order chi connectivity index (χ0) is 16.4. The maximum Gasteiger partial charge on any atom is 0.241 e. The minimum absolute atomic E-state index is 0.0716. The number of methoxy groups -OCH3 is 1. The molecule has 0 radical (unpaired) electrons. The SMILES string of the molecule is COc1ccc(S(=O)(=O)NC(C)(C)c2ccccn2)cc1Cl. The highest BCUT2D eigenvalue weighted by Gasteiger charge is 2.29. The molecular formula is C15H17ClN2O3S. The fourth-order valence-corrected chi connectivity index (χ4v) is 3.73. The topological polar surface area (TPSA) is 68.3 Å². The van der Waals surface area contributed by atoms with Gasteiger partial charge in [-0.1, -0.05) is 17.7 Å². The van der Waals surface area contributed by atoms with Crippen molar-refractivity contribution in [2.75, 3.05) is 7.11 Å². The van der Waals surface area contributed by atoms with Gasteiger partial charge in [-0.25, -0.2) is 8.42 Å². The Bertz CT molecular complexity index is 762. The number of ether oxygens (including phenoxy) is 1. The number of rotatable bonds is 5. The Morgan fingerprint density at radius 3 is 2.50 bits per heavy atom. The Balaban J connectivity index is 2.33. The third kappa shape index (κ3) is 3.58. The number of nitrogens with zero attached hydrogens (tertiary/aromatic N) is 1. The summed E-state index contributed by atoms with van der Waals surface area (Å²) in [5.74, 6) is 0.421. The van der Waals surface area contributed by atoms with Crippen LogP contribution in [0.2, 0.25) is 5.02 Å². The van der Waals surface area contributed by atoms with Gasteiger partial charge in [-0.3, -0.25) is 4.98 Å². The van der Waals surface area contributed by atoms with E-state index in [1.165, 1.54) is 25.3 Å². The average Bonchev–Trinajstić information content (AvgIpc) is 2.47. The fraction of sp³-hybridized carbons (Fsp3) is 0.267. The van der Waals surface area contributed by atoms with Crippen molar-refractivity contribution in [1.29, 1.82) is 0 Å². The minimum Gasteiger partial charge on any atom is -0.495 e. The van der Waals surface area contributed by atoms with Crippen LogP contribution in [0.4, 0.5) is 0 Å². The van der Waals surface area contributed by atoms with Crippen molar-refractivity contribution in [1.82, 2.24) is 9.71 Å². The van der Waals surface area contributed by atoms with E-state index in [0.717, 1.165) is 0 Å². The standard InChI is InChI=1S/C15H17ClN2O3S/c1-15(2,14-6-4-5-9-17-14)18-22(19,20)11-7-8-13(21-3)12(16)10-11/h4-10,18H,1-3H3. The second-order valence-corrected chi connectivity index (χ2v) is 7.33. The van der Waals surface area contributed by atoms with Gasteiger partial charge >= 0.3 is 0 Å². The van der Waals surface area contributed by atoms with E-state index in [1.54, 1.807) is 32.2 Å². The number of halogens is 1. The molecule has 0 unspecified atom stereocenters. The molecule has 0 atom stereocenters. The first-order chi connectivity index (χ1) is 10.3. The summed E-state index contributed by atoms with van der Waals surface area (Å²) in [5, 5.41) is 0.237. The Morgan fingerprint density at radius 2 is 1.95 bits per heavy atom. The van der Waals surface area contributed by atoms with Crippen LogP contribution in [0.15, 0.2) is 47.5 Å². The third-order valence-corrected chi connectivity index (χ3v) is 5.08. The number of benzene rings is 1. The molecule has 0 amide bonds. The molecule has 0 spiro atoms. The monoisotopic (exact) mass is 340 g/mol. The molecule has 5 nitrogen and oxygen atoms in total. The van der Waals surface area contributed by atoms with Crippen molar-refractivity contribution in [3.63, 3.8) is 0 Å². The summed E-state index contributed by atoms with van der Waals surface area (Å²) >= 11 is 5.99. The van der Waals surface area contributed by atoms with Gasteiger partial charge in [-0.15, -0.1) is 0 Å². The summed E-state index contributed by atoms with van der Waals surface area (Å²) in [7, 11) is -2.27. The Labute approximate surface area is 135 Å². The molecule has 2 rings (SSSR count). The van der Waals surface area contributed by atoms with Crippen LogP contribution in [0.25, 0.3) is 0 Å². The fourth-order valence-electron chi connectivity index (χ4n) is 1.99. The summed E-state index contributed by atoms with van der Waals surface area (Å²) in [4.78, 5) is 4.27. The van der Waals surface area contributed by atoms with Crippen molar-refractivity contribution in [3.05, 3.63) is 53.3 Å². The van der Waals surface area contributed by atoms with Crippen LogP contribution in [0, 0.1) is 0 Å². The summed E-state index contributed by atoms with van der Waals surface area (Å²) in [6, 6.07) is 9.67. The van der Waals surface area contributed by atoms with Crippen molar-refractivity contribution < 1.29 is 13.2 Å². The molecule has 0 saturated carbocycles. The van der Waals surface area contributed by atoms with E-state index in [4.69, 9.17) is 16.3 Å². The first-order valence-corrected chi connectivity index (χ1v) is 8.41. The van der Waals surface area contributed by atoms with Gasteiger partial charge < -0.3 is 4.74 Å². The Kier molecular flexibility index (Phi) is 4.75. The molecule has 0 bridgehead atoms. The lowest BCUT2D eigenvalue weighted by molar-refractivity contribution is 0.414. The number of aromatic nitrogens is 1. The largest absolute Gasteiger partial charge is 0.495 e. The van der Waals surface area contributed by atoms with Crippen molar-refractivity contribution in [2.45, 2.75) is 24.3 Å². The lowest BCUT2D eigenvalue weighted by atomic mass is 10.0. The highest BCUT2D eigenvalue weighted by molar-refractivity contribution is 7.89. The van der Waals surface area contributed by atoms with E-state index in [-0.39, 0.29) is 9.92 Å². The maximum absolute atomic E-state index is 12.5. The Hall–Kier alpha value is -1.63. The minimum atomic E-state index is -3.74. The molecule has 118 valence electrons. The third-order valence-electron chi connectivity index (χ3n) is 3.13. The number of hydrogen-bond acceptors (Lipinski definition) is 4. The summed E-state index contributed by atoms with van der Waals surface area (Å²) in [5.41, 5.74) is -0.231. The van der Waals surface area contributed by atoms with Crippen LogP contribution in [-0.4, -0.2) is 20.5 Å². The van der Waals surface area contributed by atoms with Gasteiger partial charge in [0, 0.05) is 6.20 Å². The molecule has 7 heteroatoms. The molecule has 1 N–H and O–H groups in total. The molecule has 1 aromatic heterocycles. The Morgan fingerprint density at radius 1 is 1.23 bits per heavy atom. The van der Waals surface area contributed by atoms with Crippen LogP contribution >= 0.6 is 11.6 Å². The van der Waals surface area contributed by atoms with Crippen LogP contribution < -0.4 is 9.46 Å². The first kappa shape index (κ1) is 16.7. The lowest BCUT2D eigenvalue weighted by Crippen LogP contribution is -2.41. The van der Waals surface area contributed by atoms with E-state index in [1.807, 2.05) is 6.07 Å². The van der Waals surface area contributed by atoms with Gasteiger partial charge in [-0.2, -0.15) is 4.72 Å². The number of sulfonamides is 1. The summed E-state index contributed by atoms with van der Waals surface area (Å²) in [6.07, 6.45) is 1.62. The quantitative estimate of drug-likeness (QED) is 0.908. The van der Waals surface area contributed by atoms with E-state index < -0.39 is 15.6 Å². The molecule has 0 aliphatic heterocycles. The van der Waals surface area contributed by atoms with Crippen LogP contribution in [0.1, 0.15) is 19.5 Å². The van der Waals surface area contributed by atoms with Crippen molar-refractivity contribution in [3.8, 4) is 5.75 Å². The number of nitrogens with one attached hydrogen (secondary N) is 1. The van der Waals surface area contributed by atoms with Crippen LogP contribution in [-0.2, 0) is 15.6 Å². The predicted octanol–water partition coefficient (Wildman–Crippen LogP) is 2.96. The van der Waals surface area contributed by atoms with Crippen LogP contribution in [0.3, 0.4) is 0 Å². The second-order valence-electron chi connectivity index (χ2n) is 5.24. The molecule has 2 aromatic rings. The first-order valence-electron chi connectivity index (χ1n) is 6.55. The molecule has 1 aromatic carbocycles. The van der Waals surface area contributed by atoms with E-state index >= 15 is 0 Å². The van der Waals surface area contributed by atoms with E-state index in [0.29, 0.717) is 11.4 Å². The predicted molar refractivity (Wildman–Crippen MR) is 85.6 cm³/mol. The van der Waals surface area contributed by atoms with Crippen LogP contribution in [0.5, 0.6) is 5.75 Å². The van der Waals surface area contributed by atoms with Gasteiger partial charge in [0.2, 0.25) is 10.0 Å². The van der Waals surface area contributed by atoms with Gasteiger partial charge in [0.15, 0.2) is 0 Å². The molecule has 22 heavy (non-hydrogen) atoms. The molecule has 0 aliphatic rings. The van der Waals surface area contributed by atoms with Gasteiger partial charge in [0.25, 0.3) is 0 Å². The van der Waals surface area contributed by atoms with Crippen molar-refractivity contribution >= 4 is 21.6 Å². The van der Waals surface area contributed by atoms with Crippen molar-refractivity contribution in [2.24, 2.45) is 0 Å². The summed E-state index contributed by atoms with van der Waals surface area (Å²) in [6.45, 7) is 3.50. The number of pyridine rings is 1. The highest BCUT2D eigenvalue weighted by Crippen LogP contribution is 2.28. The van der Waals surface area contributed by atoms with Gasteiger partial charge in [-0.05, 0) is 44.2 Å². The zero-order valence-corrected chi connectivity index (χ0v) is 14.1. The normalized spacial score (nSPS) is 12.2. The summed E-state index contributed by atoms with van der Waals surface area (Å²) < 4.78 is 32.7. The highest BCUT2D eigenvalue weighted by atomic mass is 35.5. The molecule has 0 saturated heterocycles. The van der Waals surface area contributed by atoms with Gasteiger partial charge in [0.1, 0.15) is 5.75 Å². The van der Waals surface area contributed by atoms with Gasteiger partial charge in [0.05, 0.1) is 28.3 Å².